The highest BCUT2D eigenvalue weighted by molar-refractivity contribution is 7.80. The smallest absolute Gasteiger partial charge is 0.178 e. The van der Waals surface area contributed by atoms with Crippen LogP contribution in [0.3, 0.4) is 0 Å². The van der Waals surface area contributed by atoms with Gasteiger partial charge in [-0.3, -0.25) is 0 Å². The van der Waals surface area contributed by atoms with E-state index in [1.165, 1.54) is 17.2 Å². The van der Waals surface area contributed by atoms with Crippen LogP contribution in [0.1, 0.15) is 30.0 Å². The van der Waals surface area contributed by atoms with Crippen LogP contribution in [-0.4, -0.2) is 11.2 Å². The molecule has 2 aromatic rings. The molecule has 0 aromatic heterocycles. The number of fused-ring (bicyclic) bond motifs is 1. The maximum absolute atomic E-state index is 13.5. The maximum atomic E-state index is 13.5. The van der Waals surface area contributed by atoms with Gasteiger partial charge in [-0.1, -0.05) is 12.1 Å². The van der Waals surface area contributed by atoms with Gasteiger partial charge in [-0.25, -0.2) is 4.39 Å². The molecule has 4 heteroatoms. The van der Waals surface area contributed by atoms with Gasteiger partial charge in [0.25, 0.3) is 0 Å². The third-order valence-electron chi connectivity index (χ3n) is 4.64. The fourth-order valence-electron chi connectivity index (χ4n) is 3.09. The van der Waals surface area contributed by atoms with Gasteiger partial charge in [-0.05, 0) is 86.8 Å². The number of nitrogens with zero attached hydrogens (tertiary/aromatic N) is 1. The third kappa shape index (κ3) is 3.08. The van der Waals surface area contributed by atoms with Crippen LogP contribution in [0, 0.1) is 19.7 Å². The lowest BCUT2D eigenvalue weighted by atomic mass is 9.97. The van der Waals surface area contributed by atoms with Crippen molar-refractivity contribution >= 4 is 28.7 Å². The predicted molar refractivity (Wildman–Crippen MR) is 98.8 cm³/mol. The molecule has 120 valence electrons. The normalized spacial score (nSPS) is 16.9. The van der Waals surface area contributed by atoms with Crippen LogP contribution < -0.4 is 10.2 Å². The van der Waals surface area contributed by atoms with E-state index in [2.05, 4.69) is 37.1 Å². The maximum Gasteiger partial charge on any atom is 0.178 e. The van der Waals surface area contributed by atoms with E-state index in [1.807, 2.05) is 18.2 Å². The van der Waals surface area contributed by atoms with Crippen molar-refractivity contribution in [1.82, 2.24) is 0 Å². The van der Waals surface area contributed by atoms with E-state index < -0.39 is 0 Å². The summed E-state index contributed by atoms with van der Waals surface area (Å²) in [6, 6.07) is 11.4. The first-order valence-corrected chi connectivity index (χ1v) is 8.33. The monoisotopic (exact) mass is 328 g/mol. The van der Waals surface area contributed by atoms with Gasteiger partial charge in [-0.15, -0.1) is 0 Å². The molecule has 0 amide bonds. The minimum Gasteiger partial charge on any atom is -0.332 e. The molecular weight excluding hydrogens is 307 g/mol. The molecule has 1 N–H and O–H groups in total. The molecule has 1 aliphatic rings. The first-order chi connectivity index (χ1) is 11.0. The largest absolute Gasteiger partial charge is 0.332 e. The van der Waals surface area contributed by atoms with Crippen molar-refractivity contribution in [3.05, 3.63) is 58.9 Å². The van der Waals surface area contributed by atoms with Crippen molar-refractivity contribution in [2.24, 2.45) is 0 Å². The molecule has 23 heavy (non-hydrogen) atoms. The van der Waals surface area contributed by atoms with Crippen LogP contribution in [-0.2, 0) is 6.42 Å². The van der Waals surface area contributed by atoms with Gasteiger partial charge >= 0.3 is 0 Å². The third-order valence-corrected chi connectivity index (χ3v) is 4.94. The molecule has 3 rings (SSSR count). The summed E-state index contributed by atoms with van der Waals surface area (Å²) in [4.78, 5) is 2.11. The van der Waals surface area contributed by atoms with E-state index in [-0.39, 0.29) is 11.9 Å². The molecule has 0 spiro atoms. The summed E-state index contributed by atoms with van der Waals surface area (Å²) >= 11 is 5.67. The van der Waals surface area contributed by atoms with E-state index in [1.54, 1.807) is 6.07 Å². The number of rotatable bonds is 1. The Bertz CT molecular complexity index is 757. The minimum absolute atomic E-state index is 0.188. The van der Waals surface area contributed by atoms with E-state index in [4.69, 9.17) is 12.2 Å². The number of benzene rings is 2. The highest BCUT2D eigenvalue weighted by Gasteiger charge is 2.26. The van der Waals surface area contributed by atoms with Crippen LogP contribution in [0.2, 0.25) is 0 Å². The Labute approximate surface area is 142 Å². The number of aryl methyl sites for hydroxylation is 2. The summed E-state index contributed by atoms with van der Waals surface area (Å²) in [5.41, 5.74) is 5.48. The Kier molecular flexibility index (Phi) is 4.35. The van der Waals surface area contributed by atoms with Crippen LogP contribution in [0.25, 0.3) is 0 Å². The molecule has 1 heterocycles. The van der Waals surface area contributed by atoms with Crippen molar-refractivity contribution < 1.29 is 4.39 Å². The number of halogens is 1. The Morgan fingerprint density at radius 2 is 2.04 bits per heavy atom. The van der Waals surface area contributed by atoms with Crippen LogP contribution in [0.15, 0.2) is 36.4 Å². The quantitative estimate of drug-likeness (QED) is 0.743. The standard InChI is InChI=1S/C19H21FN2S/c1-12-5-4-6-17(14(12)3)21-19(23)22-13(2)7-8-15-11-16(20)9-10-18(15)22/h4-6,9-11,13H,7-8H2,1-3H3,(H,21,23). The molecule has 2 aromatic carbocycles. The Morgan fingerprint density at radius 1 is 1.26 bits per heavy atom. The van der Waals surface area contributed by atoms with Gasteiger partial charge in [0.1, 0.15) is 5.82 Å². The predicted octanol–water partition coefficient (Wildman–Crippen LogP) is 4.98. The van der Waals surface area contributed by atoms with Gasteiger partial charge in [0.15, 0.2) is 5.11 Å². The molecule has 0 saturated carbocycles. The summed E-state index contributed by atoms with van der Waals surface area (Å²) < 4.78 is 13.5. The Morgan fingerprint density at radius 3 is 2.83 bits per heavy atom. The molecular formula is C19H21FN2S. The molecule has 1 unspecified atom stereocenters. The SMILES string of the molecule is Cc1cccc(NC(=S)N2c3ccc(F)cc3CCC2C)c1C. The number of anilines is 2. The van der Waals surface area contributed by atoms with Gasteiger partial charge in [0.05, 0.1) is 0 Å². The van der Waals surface area contributed by atoms with Crippen LogP contribution in [0.5, 0.6) is 0 Å². The van der Waals surface area contributed by atoms with Gasteiger partial charge in [0, 0.05) is 17.4 Å². The number of nitrogens with one attached hydrogen (secondary N) is 1. The molecule has 2 nitrogen and oxygen atoms in total. The van der Waals surface area contributed by atoms with Gasteiger partial charge in [0.2, 0.25) is 0 Å². The summed E-state index contributed by atoms with van der Waals surface area (Å²) in [7, 11) is 0. The summed E-state index contributed by atoms with van der Waals surface area (Å²) in [5.74, 6) is -0.188. The van der Waals surface area contributed by atoms with Gasteiger partial charge < -0.3 is 10.2 Å². The number of hydrogen-bond acceptors (Lipinski definition) is 1. The highest BCUT2D eigenvalue weighted by atomic mass is 32.1. The lowest BCUT2D eigenvalue weighted by Crippen LogP contribution is -2.44. The van der Waals surface area contributed by atoms with Gasteiger partial charge in [-0.2, -0.15) is 0 Å². The van der Waals surface area contributed by atoms with E-state index >= 15 is 0 Å². The zero-order chi connectivity index (χ0) is 16.6. The first kappa shape index (κ1) is 15.9. The van der Waals surface area contributed by atoms with Crippen molar-refractivity contribution in [2.75, 3.05) is 10.2 Å². The molecule has 0 fully saturated rings. The summed E-state index contributed by atoms with van der Waals surface area (Å²) in [6.45, 7) is 6.33. The minimum atomic E-state index is -0.188. The molecule has 1 aliphatic heterocycles. The van der Waals surface area contributed by atoms with Crippen LogP contribution >= 0.6 is 12.2 Å². The fraction of sp³-hybridized carbons (Fsp3) is 0.316. The molecule has 0 aliphatic carbocycles. The van der Waals surface area contributed by atoms with Crippen molar-refractivity contribution in [2.45, 2.75) is 39.7 Å². The summed E-state index contributed by atoms with van der Waals surface area (Å²) in [6.07, 6.45) is 1.85. The second kappa shape index (κ2) is 6.28. The number of hydrogen-bond donors (Lipinski definition) is 1. The summed E-state index contributed by atoms with van der Waals surface area (Å²) in [5, 5.41) is 4.04. The fourth-order valence-corrected chi connectivity index (χ4v) is 3.48. The molecule has 0 saturated heterocycles. The van der Waals surface area contributed by atoms with E-state index in [9.17, 15) is 4.39 Å². The molecule has 0 radical (unpaired) electrons. The van der Waals surface area contributed by atoms with Crippen molar-refractivity contribution in [3.8, 4) is 0 Å². The zero-order valence-corrected chi connectivity index (χ0v) is 14.5. The van der Waals surface area contributed by atoms with Crippen molar-refractivity contribution in [1.29, 1.82) is 0 Å². The lowest BCUT2D eigenvalue weighted by Gasteiger charge is -2.37. The van der Waals surface area contributed by atoms with Crippen molar-refractivity contribution in [3.63, 3.8) is 0 Å². The Hall–Kier alpha value is -1.94. The average molecular weight is 328 g/mol. The first-order valence-electron chi connectivity index (χ1n) is 7.92. The Balaban J connectivity index is 1.92. The highest BCUT2D eigenvalue weighted by Crippen LogP contribution is 2.32. The molecule has 0 bridgehead atoms. The van der Waals surface area contributed by atoms with Crippen LogP contribution in [0.4, 0.5) is 15.8 Å². The van der Waals surface area contributed by atoms with E-state index in [0.717, 1.165) is 29.8 Å². The second-order valence-corrected chi connectivity index (χ2v) is 6.60. The lowest BCUT2D eigenvalue weighted by molar-refractivity contribution is 0.604. The second-order valence-electron chi connectivity index (χ2n) is 6.21. The average Bonchev–Trinajstić information content (AvgIpc) is 2.52. The molecule has 1 atom stereocenters. The van der Waals surface area contributed by atoms with E-state index in [0.29, 0.717) is 5.11 Å². The zero-order valence-electron chi connectivity index (χ0n) is 13.7. The topological polar surface area (TPSA) is 15.3 Å². The number of thiocarbonyl (C=S) groups is 1.